The van der Waals surface area contributed by atoms with E-state index in [0.29, 0.717) is 6.04 Å². The second-order valence-corrected chi connectivity index (χ2v) is 6.26. The lowest BCUT2D eigenvalue weighted by atomic mass is 9.96. The summed E-state index contributed by atoms with van der Waals surface area (Å²) < 4.78 is 2.24. The van der Waals surface area contributed by atoms with Crippen molar-refractivity contribution in [2.24, 2.45) is 7.05 Å². The van der Waals surface area contributed by atoms with Crippen molar-refractivity contribution in [1.29, 1.82) is 0 Å². The molecule has 19 heavy (non-hydrogen) atoms. The molecule has 1 saturated carbocycles. The fraction of sp³-hybridized carbons (Fsp3) is 0.765. The molecule has 1 atom stereocenters. The van der Waals surface area contributed by atoms with Crippen molar-refractivity contribution in [3.63, 3.8) is 0 Å². The van der Waals surface area contributed by atoms with Crippen molar-refractivity contribution in [1.82, 2.24) is 9.88 Å². The van der Waals surface area contributed by atoms with Gasteiger partial charge in [-0.15, -0.1) is 0 Å². The van der Waals surface area contributed by atoms with E-state index in [4.69, 9.17) is 0 Å². The molecule has 1 fully saturated rings. The van der Waals surface area contributed by atoms with Gasteiger partial charge in [0.1, 0.15) is 0 Å². The molecule has 1 aliphatic rings. The number of aromatic nitrogens is 1. The highest BCUT2D eigenvalue weighted by atomic mass is 14.9. The minimum atomic E-state index is 0.638. The zero-order chi connectivity index (χ0) is 13.5. The maximum atomic E-state index is 3.86. The summed E-state index contributed by atoms with van der Waals surface area (Å²) in [4.78, 5) is 0. The first-order chi connectivity index (χ1) is 9.25. The first-order valence-corrected chi connectivity index (χ1v) is 8.12. The van der Waals surface area contributed by atoms with Crippen LogP contribution in [0.2, 0.25) is 0 Å². The normalized spacial score (nSPS) is 19.9. The summed E-state index contributed by atoms with van der Waals surface area (Å²) >= 11 is 0. The lowest BCUT2D eigenvalue weighted by Gasteiger charge is -2.25. The molecule has 0 amide bonds. The van der Waals surface area contributed by atoms with Gasteiger partial charge in [0.2, 0.25) is 0 Å². The number of aryl methyl sites for hydroxylation is 2. The van der Waals surface area contributed by atoms with Crippen LogP contribution in [0.15, 0.2) is 18.3 Å². The van der Waals surface area contributed by atoms with Crippen molar-refractivity contribution in [3.05, 3.63) is 24.0 Å². The Bertz CT molecular complexity index is 348. The van der Waals surface area contributed by atoms with Crippen molar-refractivity contribution < 1.29 is 0 Å². The van der Waals surface area contributed by atoms with Crippen LogP contribution >= 0.6 is 0 Å². The molecule has 0 saturated heterocycles. The van der Waals surface area contributed by atoms with Crippen LogP contribution in [0.4, 0.5) is 0 Å². The van der Waals surface area contributed by atoms with E-state index in [9.17, 15) is 0 Å². The zero-order valence-electron chi connectivity index (χ0n) is 12.7. The summed E-state index contributed by atoms with van der Waals surface area (Å²) in [7, 11) is 2.14. The molecule has 1 aliphatic carbocycles. The van der Waals surface area contributed by atoms with Gasteiger partial charge in [-0.3, -0.25) is 0 Å². The minimum absolute atomic E-state index is 0.638. The van der Waals surface area contributed by atoms with E-state index >= 15 is 0 Å². The SMILES string of the molecule is C[C@H](CCc1cccn1C)NC1CCCCCCC1. The summed E-state index contributed by atoms with van der Waals surface area (Å²) in [6.07, 6.45) is 14.5. The van der Waals surface area contributed by atoms with E-state index in [-0.39, 0.29) is 0 Å². The van der Waals surface area contributed by atoms with Gasteiger partial charge in [0.15, 0.2) is 0 Å². The Labute approximate surface area is 118 Å². The van der Waals surface area contributed by atoms with Crippen LogP contribution < -0.4 is 5.32 Å². The van der Waals surface area contributed by atoms with Crippen LogP contribution in [0, 0.1) is 0 Å². The van der Waals surface area contributed by atoms with Gasteiger partial charge in [0, 0.05) is 31.0 Å². The Morgan fingerprint density at radius 1 is 1.21 bits per heavy atom. The van der Waals surface area contributed by atoms with Crippen molar-refractivity contribution in [2.75, 3.05) is 0 Å². The van der Waals surface area contributed by atoms with Crippen molar-refractivity contribution in [2.45, 2.75) is 76.8 Å². The van der Waals surface area contributed by atoms with Gasteiger partial charge in [0.25, 0.3) is 0 Å². The molecule has 1 aromatic rings. The fourth-order valence-corrected chi connectivity index (χ4v) is 3.23. The molecule has 0 bridgehead atoms. The predicted molar refractivity (Wildman–Crippen MR) is 82.4 cm³/mol. The van der Waals surface area contributed by atoms with E-state index in [1.807, 2.05) is 0 Å². The van der Waals surface area contributed by atoms with Gasteiger partial charge in [0.05, 0.1) is 0 Å². The Kier molecular flexibility index (Phi) is 5.96. The number of hydrogen-bond donors (Lipinski definition) is 1. The summed E-state index contributed by atoms with van der Waals surface area (Å²) in [5, 5.41) is 3.86. The molecular formula is C17H30N2. The van der Waals surface area contributed by atoms with E-state index in [2.05, 4.69) is 42.2 Å². The van der Waals surface area contributed by atoms with Crippen molar-refractivity contribution in [3.8, 4) is 0 Å². The van der Waals surface area contributed by atoms with Gasteiger partial charge in [-0.25, -0.2) is 0 Å². The minimum Gasteiger partial charge on any atom is -0.354 e. The van der Waals surface area contributed by atoms with Gasteiger partial charge in [-0.1, -0.05) is 32.1 Å². The average molecular weight is 262 g/mol. The molecule has 2 heteroatoms. The molecule has 108 valence electrons. The molecule has 1 N–H and O–H groups in total. The summed E-state index contributed by atoms with van der Waals surface area (Å²) in [6, 6.07) is 5.79. The molecule has 1 aromatic heterocycles. The topological polar surface area (TPSA) is 17.0 Å². The van der Waals surface area contributed by atoms with Gasteiger partial charge < -0.3 is 9.88 Å². The summed E-state index contributed by atoms with van der Waals surface area (Å²) in [6.45, 7) is 2.35. The van der Waals surface area contributed by atoms with Crippen LogP contribution in [0.5, 0.6) is 0 Å². The summed E-state index contributed by atoms with van der Waals surface area (Å²) in [5.74, 6) is 0. The van der Waals surface area contributed by atoms with E-state index in [1.54, 1.807) is 0 Å². The van der Waals surface area contributed by atoms with Gasteiger partial charge in [-0.05, 0) is 44.7 Å². The summed E-state index contributed by atoms with van der Waals surface area (Å²) in [5.41, 5.74) is 1.45. The van der Waals surface area contributed by atoms with E-state index < -0.39 is 0 Å². The Morgan fingerprint density at radius 2 is 1.89 bits per heavy atom. The molecule has 2 rings (SSSR count). The third-order valence-corrected chi connectivity index (χ3v) is 4.51. The standard InChI is InChI=1S/C17H30N2/c1-15(12-13-17-11-8-14-19(17)2)18-16-9-6-4-3-5-7-10-16/h8,11,14-16,18H,3-7,9-10,12-13H2,1-2H3/t15-/m1/s1. The molecule has 0 aliphatic heterocycles. The molecule has 0 unspecified atom stereocenters. The highest BCUT2D eigenvalue weighted by Crippen LogP contribution is 2.18. The highest BCUT2D eigenvalue weighted by molar-refractivity contribution is 5.06. The maximum absolute atomic E-state index is 3.86. The number of rotatable bonds is 5. The molecule has 0 spiro atoms. The van der Waals surface area contributed by atoms with Crippen LogP contribution in [-0.2, 0) is 13.5 Å². The second-order valence-electron chi connectivity index (χ2n) is 6.26. The lowest BCUT2D eigenvalue weighted by Crippen LogP contribution is -2.37. The number of nitrogens with zero attached hydrogens (tertiary/aromatic N) is 1. The third-order valence-electron chi connectivity index (χ3n) is 4.51. The van der Waals surface area contributed by atoms with Crippen LogP contribution in [0.25, 0.3) is 0 Å². The number of hydrogen-bond acceptors (Lipinski definition) is 1. The highest BCUT2D eigenvalue weighted by Gasteiger charge is 2.13. The average Bonchev–Trinajstić information content (AvgIpc) is 2.76. The first-order valence-electron chi connectivity index (χ1n) is 8.12. The zero-order valence-corrected chi connectivity index (χ0v) is 12.7. The van der Waals surface area contributed by atoms with Gasteiger partial charge in [-0.2, -0.15) is 0 Å². The van der Waals surface area contributed by atoms with Crippen LogP contribution in [0.3, 0.4) is 0 Å². The molecule has 1 heterocycles. The molecule has 0 radical (unpaired) electrons. The quantitative estimate of drug-likeness (QED) is 0.847. The predicted octanol–water partition coefficient (Wildman–Crippen LogP) is 4.05. The Balaban J connectivity index is 1.70. The van der Waals surface area contributed by atoms with Crippen LogP contribution in [0.1, 0.15) is 64.0 Å². The smallest absolute Gasteiger partial charge is 0.0172 e. The second kappa shape index (κ2) is 7.74. The monoisotopic (exact) mass is 262 g/mol. The largest absolute Gasteiger partial charge is 0.354 e. The Hall–Kier alpha value is -0.760. The van der Waals surface area contributed by atoms with E-state index in [0.717, 1.165) is 6.04 Å². The first kappa shape index (κ1) is 14.6. The lowest BCUT2D eigenvalue weighted by molar-refractivity contribution is 0.351. The molecule has 0 aromatic carbocycles. The Morgan fingerprint density at radius 3 is 2.53 bits per heavy atom. The van der Waals surface area contributed by atoms with E-state index in [1.165, 1.54) is 63.5 Å². The maximum Gasteiger partial charge on any atom is 0.0172 e. The fourth-order valence-electron chi connectivity index (χ4n) is 3.23. The third kappa shape index (κ3) is 5.02. The number of nitrogens with one attached hydrogen (secondary N) is 1. The van der Waals surface area contributed by atoms with Gasteiger partial charge >= 0.3 is 0 Å². The molecular weight excluding hydrogens is 232 g/mol. The van der Waals surface area contributed by atoms with Crippen LogP contribution in [-0.4, -0.2) is 16.7 Å². The van der Waals surface area contributed by atoms with Crippen molar-refractivity contribution >= 4 is 0 Å². The molecule has 2 nitrogen and oxygen atoms in total.